The van der Waals surface area contributed by atoms with Crippen LogP contribution in [0.4, 0.5) is 0 Å². The maximum absolute atomic E-state index is 5.88. The number of ether oxygens (including phenoxy) is 1. The zero-order chi connectivity index (χ0) is 12.8. The minimum atomic E-state index is 0.116. The number of nitrogens with one attached hydrogen (secondary N) is 1. The highest BCUT2D eigenvalue weighted by Gasteiger charge is 2.31. The summed E-state index contributed by atoms with van der Waals surface area (Å²) in [7, 11) is 0. The Morgan fingerprint density at radius 1 is 1.33 bits per heavy atom. The molecule has 2 aliphatic rings. The minimum absolute atomic E-state index is 0.116. The molecule has 0 aromatic carbocycles. The van der Waals surface area contributed by atoms with Gasteiger partial charge < -0.3 is 15.0 Å². The Morgan fingerprint density at radius 3 is 2.83 bits per heavy atom. The Labute approximate surface area is 112 Å². The molecule has 0 amide bonds. The van der Waals surface area contributed by atoms with Gasteiger partial charge in [-0.15, -0.1) is 0 Å². The summed E-state index contributed by atoms with van der Waals surface area (Å²) in [4.78, 5) is 2.60. The molecule has 2 fully saturated rings. The lowest BCUT2D eigenvalue weighted by Gasteiger charge is -2.38. The molecule has 0 radical (unpaired) electrons. The van der Waals surface area contributed by atoms with Gasteiger partial charge in [0.15, 0.2) is 0 Å². The van der Waals surface area contributed by atoms with Crippen LogP contribution in [0.25, 0.3) is 0 Å². The van der Waals surface area contributed by atoms with Crippen molar-refractivity contribution in [1.82, 2.24) is 10.2 Å². The Kier molecular flexibility index (Phi) is 5.46. The normalized spacial score (nSPS) is 34.0. The van der Waals surface area contributed by atoms with E-state index in [2.05, 4.69) is 24.1 Å². The number of rotatable bonds is 6. The van der Waals surface area contributed by atoms with E-state index in [4.69, 9.17) is 4.74 Å². The highest BCUT2D eigenvalue weighted by molar-refractivity contribution is 4.85. The molecule has 0 bridgehead atoms. The Bertz CT molecular complexity index is 241. The zero-order valence-electron chi connectivity index (χ0n) is 12.2. The number of likely N-dealkylation sites (tertiary alicyclic amines) is 1. The van der Waals surface area contributed by atoms with Crippen LogP contribution in [-0.2, 0) is 4.74 Å². The third-order valence-electron chi connectivity index (χ3n) is 4.63. The van der Waals surface area contributed by atoms with Crippen molar-refractivity contribution in [2.45, 2.75) is 64.0 Å². The Hall–Kier alpha value is -0.120. The largest absolute Gasteiger partial charge is 0.375 e. The molecule has 1 N–H and O–H groups in total. The van der Waals surface area contributed by atoms with Gasteiger partial charge in [-0.2, -0.15) is 0 Å². The molecule has 2 heterocycles. The van der Waals surface area contributed by atoms with E-state index in [1.165, 1.54) is 58.3 Å². The van der Waals surface area contributed by atoms with Gasteiger partial charge in [0.05, 0.1) is 5.60 Å². The van der Waals surface area contributed by atoms with E-state index in [0.717, 1.165) is 13.0 Å². The summed E-state index contributed by atoms with van der Waals surface area (Å²) in [5, 5.41) is 3.73. The second kappa shape index (κ2) is 6.88. The molecule has 0 aliphatic carbocycles. The van der Waals surface area contributed by atoms with E-state index >= 15 is 0 Å². The highest BCUT2D eigenvalue weighted by Crippen LogP contribution is 2.27. The average molecular weight is 254 g/mol. The molecular formula is C15H30N2O. The van der Waals surface area contributed by atoms with Crippen molar-refractivity contribution in [3.05, 3.63) is 0 Å². The topological polar surface area (TPSA) is 24.5 Å². The Balaban J connectivity index is 1.58. The van der Waals surface area contributed by atoms with Crippen LogP contribution >= 0.6 is 0 Å². The smallest absolute Gasteiger partial charge is 0.0666 e. The van der Waals surface area contributed by atoms with Gasteiger partial charge in [-0.25, -0.2) is 0 Å². The van der Waals surface area contributed by atoms with Crippen LogP contribution in [0.2, 0.25) is 0 Å². The van der Waals surface area contributed by atoms with E-state index < -0.39 is 0 Å². The summed E-state index contributed by atoms with van der Waals surface area (Å²) in [6.45, 7) is 10.5. The molecule has 106 valence electrons. The van der Waals surface area contributed by atoms with E-state index in [0.29, 0.717) is 6.04 Å². The molecule has 0 aromatic heterocycles. The van der Waals surface area contributed by atoms with Crippen molar-refractivity contribution in [1.29, 1.82) is 0 Å². The lowest BCUT2D eigenvalue weighted by molar-refractivity contribution is -0.0778. The van der Waals surface area contributed by atoms with Crippen molar-refractivity contribution in [2.75, 3.05) is 32.8 Å². The zero-order valence-corrected chi connectivity index (χ0v) is 12.2. The van der Waals surface area contributed by atoms with E-state index in [9.17, 15) is 0 Å². The first-order valence-electron chi connectivity index (χ1n) is 7.81. The molecule has 2 saturated heterocycles. The van der Waals surface area contributed by atoms with E-state index in [1.807, 2.05) is 0 Å². The second-order valence-electron chi connectivity index (χ2n) is 6.20. The Morgan fingerprint density at radius 2 is 2.11 bits per heavy atom. The van der Waals surface area contributed by atoms with Crippen molar-refractivity contribution < 1.29 is 4.74 Å². The molecule has 3 heteroatoms. The van der Waals surface area contributed by atoms with Gasteiger partial charge in [0.2, 0.25) is 0 Å². The van der Waals surface area contributed by atoms with Crippen molar-refractivity contribution >= 4 is 0 Å². The van der Waals surface area contributed by atoms with Gasteiger partial charge in [0.1, 0.15) is 0 Å². The summed E-state index contributed by atoms with van der Waals surface area (Å²) < 4.78 is 5.88. The number of nitrogens with zero attached hydrogens (tertiary/aromatic N) is 1. The molecule has 0 spiro atoms. The molecule has 0 saturated carbocycles. The first-order valence-corrected chi connectivity index (χ1v) is 7.81. The molecule has 18 heavy (non-hydrogen) atoms. The SMILES string of the molecule is CCC1(C)CC(NCCCN2CCCC2)CCO1. The maximum Gasteiger partial charge on any atom is 0.0666 e. The molecule has 2 aliphatic heterocycles. The molecule has 2 rings (SSSR count). The summed E-state index contributed by atoms with van der Waals surface area (Å²) in [5.41, 5.74) is 0.116. The van der Waals surface area contributed by atoms with E-state index in [-0.39, 0.29) is 5.60 Å². The second-order valence-corrected chi connectivity index (χ2v) is 6.20. The minimum Gasteiger partial charge on any atom is -0.375 e. The van der Waals surface area contributed by atoms with E-state index in [1.54, 1.807) is 0 Å². The maximum atomic E-state index is 5.88. The van der Waals surface area contributed by atoms with Crippen LogP contribution < -0.4 is 5.32 Å². The van der Waals surface area contributed by atoms with Crippen molar-refractivity contribution in [2.24, 2.45) is 0 Å². The summed E-state index contributed by atoms with van der Waals surface area (Å²) in [6, 6.07) is 0.669. The van der Waals surface area contributed by atoms with Gasteiger partial charge in [0.25, 0.3) is 0 Å². The molecule has 2 atom stereocenters. The van der Waals surface area contributed by atoms with Crippen LogP contribution in [0.3, 0.4) is 0 Å². The van der Waals surface area contributed by atoms with Crippen LogP contribution in [0, 0.1) is 0 Å². The first kappa shape index (κ1) is 14.3. The molecule has 0 aromatic rings. The predicted octanol–water partition coefficient (Wildman–Crippen LogP) is 2.41. The summed E-state index contributed by atoms with van der Waals surface area (Å²) in [5.74, 6) is 0. The fourth-order valence-corrected chi connectivity index (χ4v) is 3.17. The van der Waals surface area contributed by atoms with Crippen molar-refractivity contribution in [3.8, 4) is 0 Å². The molecule has 3 nitrogen and oxygen atoms in total. The van der Waals surface area contributed by atoms with Gasteiger partial charge in [0, 0.05) is 12.6 Å². The average Bonchev–Trinajstić information content (AvgIpc) is 2.88. The number of hydrogen-bond donors (Lipinski definition) is 1. The van der Waals surface area contributed by atoms with Gasteiger partial charge >= 0.3 is 0 Å². The fourth-order valence-electron chi connectivity index (χ4n) is 3.17. The number of hydrogen-bond acceptors (Lipinski definition) is 3. The lowest BCUT2D eigenvalue weighted by atomic mass is 9.90. The molecular weight excluding hydrogens is 224 g/mol. The van der Waals surface area contributed by atoms with Crippen LogP contribution in [0.5, 0.6) is 0 Å². The fraction of sp³-hybridized carbons (Fsp3) is 1.00. The van der Waals surface area contributed by atoms with Crippen LogP contribution in [0.1, 0.15) is 52.4 Å². The standard InChI is InChI=1S/C15H30N2O/c1-3-15(2)13-14(7-12-18-15)16-8-6-11-17-9-4-5-10-17/h14,16H,3-13H2,1-2H3. The third-order valence-corrected chi connectivity index (χ3v) is 4.63. The first-order chi connectivity index (χ1) is 8.72. The van der Waals surface area contributed by atoms with Crippen LogP contribution in [0.15, 0.2) is 0 Å². The summed E-state index contributed by atoms with van der Waals surface area (Å²) >= 11 is 0. The van der Waals surface area contributed by atoms with Gasteiger partial charge in [-0.1, -0.05) is 6.92 Å². The van der Waals surface area contributed by atoms with Gasteiger partial charge in [-0.3, -0.25) is 0 Å². The monoisotopic (exact) mass is 254 g/mol. The van der Waals surface area contributed by atoms with Crippen molar-refractivity contribution in [3.63, 3.8) is 0 Å². The van der Waals surface area contributed by atoms with Crippen LogP contribution in [-0.4, -0.2) is 49.3 Å². The third kappa shape index (κ3) is 4.22. The lowest BCUT2D eigenvalue weighted by Crippen LogP contribution is -2.45. The van der Waals surface area contributed by atoms with Gasteiger partial charge in [-0.05, 0) is 71.6 Å². The quantitative estimate of drug-likeness (QED) is 0.737. The summed E-state index contributed by atoms with van der Waals surface area (Å²) in [6.07, 6.45) is 7.58. The predicted molar refractivity (Wildman–Crippen MR) is 76.0 cm³/mol. The molecule has 2 unspecified atom stereocenters. The highest BCUT2D eigenvalue weighted by atomic mass is 16.5.